The molecule has 210 valence electrons. The summed E-state index contributed by atoms with van der Waals surface area (Å²) in [5, 5.41) is 45.0. The lowest BCUT2D eigenvalue weighted by Crippen LogP contribution is -2.13. The van der Waals surface area contributed by atoms with Crippen LogP contribution in [0.4, 0.5) is 22.7 Å². The number of carbonyl (C=O) groups excluding carboxylic acids is 2. The Morgan fingerprint density at radius 1 is 0.500 bits per heavy atom. The third kappa shape index (κ3) is 5.86. The molecule has 0 saturated heterocycles. The van der Waals surface area contributed by atoms with Crippen LogP contribution in [-0.4, -0.2) is 31.6 Å². The first-order chi connectivity index (χ1) is 20.0. The van der Waals surface area contributed by atoms with Crippen molar-refractivity contribution in [1.82, 2.24) is 0 Å². The van der Waals surface area contributed by atoms with Crippen LogP contribution in [-0.2, 0) is 0 Å². The second-order valence-electron chi connectivity index (χ2n) is 8.20. The highest BCUT2D eigenvalue weighted by Crippen LogP contribution is 2.38. The van der Waals surface area contributed by atoms with Crippen LogP contribution in [0.5, 0.6) is 11.5 Å². The minimum atomic E-state index is -1.21. The molecule has 4 aromatic rings. The zero-order valence-electron chi connectivity index (χ0n) is 20.8. The maximum atomic E-state index is 12.9. The molecule has 0 unspecified atom stereocenters. The summed E-state index contributed by atoms with van der Waals surface area (Å²) in [6.07, 6.45) is 0. The fraction of sp³-hybridized carbons (Fsp3) is 0. The molecule has 0 amide bonds. The van der Waals surface area contributed by atoms with Gasteiger partial charge < -0.3 is 9.47 Å². The Morgan fingerprint density at radius 2 is 0.857 bits per heavy atom. The van der Waals surface area contributed by atoms with E-state index in [1.165, 1.54) is 36.4 Å². The molecule has 4 aromatic carbocycles. The number of hydrogen-bond acceptors (Lipinski definition) is 12. The summed E-state index contributed by atoms with van der Waals surface area (Å²) >= 11 is 0. The van der Waals surface area contributed by atoms with Crippen molar-refractivity contribution in [3.63, 3.8) is 0 Å². The smallest absolute Gasteiger partial charge is 0.350 e. The first kappa shape index (κ1) is 28.4. The van der Waals surface area contributed by atoms with E-state index in [-0.39, 0.29) is 22.6 Å². The van der Waals surface area contributed by atoms with Gasteiger partial charge in [0.05, 0.1) is 31.8 Å². The van der Waals surface area contributed by atoms with Crippen molar-refractivity contribution in [3.8, 4) is 22.6 Å². The Bertz CT molecular complexity index is 1670. The Morgan fingerprint density at radius 3 is 1.19 bits per heavy atom. The van der Waals surface area contributed by atoms with Gasteiger partial charge in [0.2, 0.25) is 0 Å². The summed E-state index contributed by atoms with van der Waals surface area (Å²) in [7, 11) is 0. The van der Waals surface area contributed by atoms with Crippen molar-refractivity contribution in [2.75, 3.05) is 0 Å². The Balaban J connectivity index is 1.69. The predicted octanol–water partition coefficient (Wildman–Crippen LogP) is 5.42. The monoisotopic (exact) mass is 574 g/mol. The van der Waals surface area contributed by atoms with Gasteiger partial charge in [-0.25, -0.2) is 9.59 Å². The summed E-state index contributed by atoms with van der Waals surface area (Å²) in [4.78, 5) is 67.2. The maximum Gasteiger partial charge on any atom is 0.350 e. The van der Waals surface area contributed by atoms with Gasteiger partial charge in [0, 0.05) is 23.3 Å². The first-order valence-electron chi connectivity index (χ1n) is 11.5. The van der Waals surface area contributed by atoms with E-state index in [1.54, 1.807) is 12.1 Å². The highest BCUT2D eigenvalue weighted by atomic mass is 16.6. The van der Waals surface area contributed by atoms with Crippen LogP contribution in [0.25, 0.3) is 11.1 Å². The largest absolute Gasteiger partial charge is 0.422 e. The van der Waals surface area contributed by atoms with Crippen molar-refractivity contribution < 1.29 is 38.8 Å². The molecule has 0 aliphatic carbocycles. The summed E-state index contributed by atoms with van der Waals surface area (Å²) in [6, 6.07) is 16.5. The quantitative estimate of drug-likeness (QED) is 0.106. The van der Waals surface area contributed by atoms with Gasteiger partial charge in [-0.2, -0.15) is 0 Å². The number of para-hydroxylation sites is 2. The Kier molecular flexibility index (Phi) is 7.89. The van der Waals surface area contributed by atoms with Crippen LogP contribution < -0.4 is 9.47 Å². The van der Waals surface area contributed by atoms with E-state index in [1.807, 2.05) is 0 Å². The maximum absolute atomic E-state index is 12.9. The van der Waals surface area contributed by atoms with Crippen LogP contribution in [0.3, 0.4) is 0 Å². The standard InChI is InChI=1S/C26H14N4O12/c31-25(19-11-9-15(27(33)34)13-21(19)29(37)38)41-23-7-3-1-5-17(23)18-6-2-4-8-24(18)42-26(32)20-12-10-16(28(35)36)14-22(20)30(39)40/h1-14H. The Hall–Kier alpha value is -6.58. The van der Waals surface area contributed by atoms with Crippen LogP contribution >= 0.6 is 0 Å². The molecule has 0 heterocycles. The van der Waals surface area contributed by atoms with E-state index in [2.05, 4.69) is 0 Å². The van der Waals surface area contributed by atoms with Crippen molar-refractivity contribution in [2.45, 2.75) is 0 Å². The van der Waals surface area contributed by atoms with E-state index in [0.717, 1.165) is 24.3 Å². The first-order valence-corrected chi connectivity index (χ1v) is 11.5. The van der Waals surface area contributed by atoms with Crippen LogP contribution in [0.15, 0.2) is 84.9 Å². The fourth-order valence-corrected chi connectivity index (χ4v) is 3.78. The van der Waals surface area contributed by atoms with Crippen molar-refractivity contribution >= 4 is 34.7 Å². The van der Waals surface area contributed by atoms with Gasteiger partial charge in [0.15, 0.2) is 0 Å². The highest BCUT2D eigenvalue weighted by molar-refractivity contribution is 5.98. The Labute approximate surface area is 232 Å². The highest BCUT2D eigenvalue weighted by Gasteiger charge is 2.28. The van der Waals surface area contributed by atoms with E-state index in [4.69, 9.17) is 9.47 Å². The molecule has 0 aromatic heterocycles. The van der Waals surface area contributed by atoms with Gasteiger partial charge >= 0.3 is 11.9 Å². The average molecular weight is 574 g/mol. The van der Waals surface area contributed by atoms with Gasteiger partial charge in [-0.1, -0.05) is 36.4 Å². The topological polar surface area (TPSA) is 225 Å². The number of nitro groups is 4. The number of nitro benzene ring substituents is 4. The van der Waals surface area contributed by atoms with Crippen LogP contribution in [0.2, 0.25) is 0 Å². The molecule has 16 heteroatoms. The number of hydrogen-bond donors (Lipinski definition) is 0. The molecule has 0 fully saturated rings. The molecule has 0 saturated carbocycles. The third-order valence-corrected chi connectivity index (χ3v) is 5.69. The second-order valence-corrected chi connectivity index (χ2v) is 8.20. The molecule has 16 nitrogen and oxygen atoms in total. The third-order valence-electron chi connectivity index (χ3n) is 5.69. The van der Waals surface area contributed by atoms with E-state index < -0.39 is 65.5 Å². The number of benzene rings is 4. The molecule has 0 N–H and O–H groups in total. The number of ether oxygens (including phenoxy) is 2. The molecular weight excluding hydrogens is 560 g/mol. The number of non-ortho nitro benzene ring substituents is 2. The van der Waals surface area contributed by atoms with Crippen molar-refractivity contribution in [1.29, 1.82) is 0 Å². The SMILES string of the molecule is O=C(Oc1ccccc1-c1ccccc1OC(=O)c1ccc([N+](=O)[O-])cc1[N+](=O)[O-])c1ccc([N+](=O)[O-])cc1[N+](=O)[O-]. The van der Waals surface area contributed by atoms with Crippen LogP contribution in [0, 0.1) is 40.5 Å². The van der Waals surface area contributed by atoms with Gasteiger partial charge in [0.1, 0.15) is 22.6 Å². The molecule has 0 spiro atoms. The summed E-state index contributed by atoms with van der Waals surface area (Å²) in [6.45, 7) is 0. The molecule has 0 bridgehead atoms. The summed E-state index contributed by atoms with van der Waals surface area (Å²) in [5.74, 6) is -2.69. The molecule has 0 atom stereocenters. The van der Waals surface area contributed by atoms with Crippen LogP contribution in [0.1, 0.15) is 20.7 Å². The zero-order chi connectivity index (χ0) is 30.6. The number of esters is 2. The van der Waals surface area contributed by atoms with Crippen molar-refractivity contribution in [3.05, 3.63) is 137 Å². The molecule has 0 radical (unpaired) electrons. The number of rotatable bonds is 9. The number of carbonyl (C=O) groups is 2. The van der Waals surface area contributed by atoms with Gasteiger partial charge in [-0.05, 0) is 24.3 Å². The van der Waals surface area contributed by atoms with Gasteiger partial charge in [-0.3, -0.25) is 40.5 Å². The number of nitrogens with zero attached hydrogens (tertiary/aromatic N) is 4. The molecule has 0 aliphatic heterocycles. The summed E-state index contributed by atoms with van der Waals surface area (Å²) in [5.41, 5.74) is -3.73. The lowest BCUT2D eigenvalue weighted by atomic mass is 10.0. The lowest BCUT2D eigenvalue weighted by Gasteiger charge is -2.14. The second kappa shape index (κ2) is 11.7. The molecular formula is C26H14N4O12. The zero-order valence-corrected chi connectivity index (χ0v) is 20.8. The van der Waals surface area contributed by atoms with E-state index in [0.29, 0.717) is 12.1 Å². The predicted molar refractivity (Wildman–Crippen MR) is 141 cm³/mol. The van der Waals surface area contributed by atoms with Crippen molar-refractivity contribution in [2.24, 2.45) is 0 Å². The lowest BCUT2D eigenvalue weighted by molar-refractivity contribution is -0.394. The molecule has 4 rings (SSSR count). The van der Waals surface area contributed by atoms with Gasteiger partial charge in [0.25, 0.3) is 22.7 Å². The van der Waals surface area contributed by atoms with E-state index in [9.17, 15) is 50.0 Å². The molecule has 42 heavy (non-hydrogen) atoms. The minimum absolute atomic E-state index is 0.139. The van der Waals surface area contributed by atoms with Gasteiger partial charge in [-0.15, -0.1) is 0 Å². The minimum Gasteiger partial charge on any atom is -0.422 e. The fourth-order valence-electron chi connectivity index (χ4n) is 3.78. The summed E-state index contributed by atoms with van der Waals surface area (Å²) < 4.78 is 10.8. The normalized spacial score (nSPS) is 10.4. The average Bonchev–Trinajstić information content (AvgIpc) is 2.97. The molecule has 0 aliphatic rings. The van der Waals surface area contributed by atoms with E-state index >= 15 is 0 Å².